The summed E-state index contributed by atoms with van der Waals surface area (Å²) in [5, 5.41) is 3.25. The first kappa shape index (κ1) is 14.1. The zero-order valence-corrected chi connectivity index (χ0v) is 12.0. The number of rotatable bonds is 6. The summed E-state index contributed by atoms with van der Waals surface area (Å²) < 4.78 is 13.1. The molecule has 1 heterocycles. The van der Waals surface area contributed by atoms with Gasteiger partial charge in [0.1, 0.15) is 5.82 Å². The van der Waals surface area contributed by atoms with Crippen molar-refractivity contribution < 1.29 is 4.39 Å². The summed E-state index contributed by atoms with van der Waals surface area (Å²) in [4.78, 5) is 7.39. The Morgan fingerprint density at radius 2 is 2.11 bits per heavy atom. The molecular formula is C14H19ClFN3. The Hall–Kier alpha value is -1.29. The highest BCUT2D eigenvalue weighted by molar-refractivity contribution is 6.21. The van der Waals surface area contributed by atoms with Gasteiger partial charge in [0.05, 0.1) is 16.4 Å². The molecule has 104 valence electrons. The molecule has 0 spiro atoms. The molecule has 19 heavy (non-hydrogen) atoms. The minimum Gasteiger partial charge on any atom is -0.354 e. The van der Waals surface area contributed by atoms with Gasteiger partial charge in [0.15, 0.2) is 0 Å². The Balaban J connectivity index is 2.01. The van der Waals surface area contributed by atoms with E-state index in [9.17, 15) is 4.39 Å². The van der Waals surface area contributed by atoms with E-state index in [4.69, 9.17) is 11.6 Å². The van der Waals surface area contributed by atoms with Gasteiger partial charge in [-0.15, -0.1) is 11.6 Å². The SMILES string of the molecule is CCC(CC)C(Cl)CNc1nc2ccc(F)cc2[nH]1. The molecule has 2 N–H and O–H groups in total. The lowest BCUT2D eigenvalue weighted by molar-refractivity contribution is 0.475. The number of hydrogen-bond donors (Lipinski definition) is 2. The lowest BCUT2D eigenvalue weighted by Crippen LogP contribution is -2.23. The van der Waals surface area contributed by atoms with Crippen LogP contribution in [0, 0.1) is 11.7 Å². The summed E-state index contributed by atoms with van der Waals surface area (Å²) in [6.07, 6.45) is 2.13. The van der Waals surface area contributed by atoms with E-state index in [1.54, 1.807) is 6.07 Å². The summed E-state index contributed by atoms with van der Waals surface area (Å²) in [6.45, 7) is 4.94. The van der Waals surface area contributed by atoms with Gasteiger partial charge in [-0.1, -0.05) is 26.7 Å². The molecule has 0 radical (unpaired) electrons. The molecule has 1 atom stereocenters. The number of nitrogens with one attached hydrogen (secondary N) is 2. The van der Waals surface area contributed by atoms with Crippen LogP contribution in [0.4, 0.5) is 10.3 Å². The minimum atomic E-state index is -0.269. The molecule has 0 fully saturated rings. The number of fused-ring (bicyclic) bond motifs is 1. The highest BCUT2D eigenvalue weighted by Gasteiger charge is 2.15. The van der Waals surface area contributed by atoms with Gasteiger partial charge >= 0.3 is 0 Å². The van der Waals surface area contributed by atoms with Gasteiger partial charge in [0, 0.05) is 6.54 Å². The van der Waals surface area contributed by atoms with Gasteiger partial charge < -0.3 is 10.3 Å². The molecule has 0 saturated carbocycles. The molecule has 0 bridgehead atoms. The van der Waals surface area contributed by atoms with Crippen LogP contribution < -0.4 is 5.32 Å². The number of imidazole rings is 1. The van der Waals surface area contributed by atoms with E-state index in [-0.39, 0.29) is 11.2 Å². The highest BCUT2D eigenvalue weighted by Crippen LogP contribution is 2.20. The average molecular weight is 284 g/mol. The van der Waals surface area contributed by atoms with E-state index >= 15 is 0 Å². The van der Waals surface area contributed by atoms with Crippen LogP contribution in [0.5, 0.6) is 0 Å². The van der Waals surface area contributed by atoms with E-state index in [2.05, 4.69) is 29.1 Å². The van der Waals surface area contributed by atoms with Crippen molar-refractivity contribution in [3.05, 3.63) is 24.0 Å². The van der Waals surface area contributed by atoms with Crippen LogP contribution >= 0.6 is 11.6 Å². The molecule has 0 aliphatic rings. The van der Waals surface area contributed by atoms with Gasteiger partial charge in [-0.05, 0) is 24.1 Å². The Bertz CT molecular complexity index is 536. The molecule has 1 unspecified atom stereocenters. The van der Waals surface area contributed by atoms with Crippen molar-refractivity contribution in [2.45, 2.75) is 32.1 Å². The molecule has 0 aliphatic carbocycles. The smallest absolute Gasteiger partial charge is 0.201 e. The van der Waals surface area contributed by atoms with Crippen LogP contribution in [0.1, 0.15) is 26.7 Å². The van der Waals surface area contributed by atoms with Crippen LogP contribution in [0.25, 0.3) is 11.0 Å². The number of aromatic nitrogens is 2. The van der Waals surface area contributed by atoms with E-state index in [1.165, 1.54) is 12.1 Å². The first-order valence-corrected chi connectivity index (χ1v) is 7.10. The topological polar surface area (TPSA) is 40.7 Å². The Morgan fingerprint density at radius 1 is 1.37 bits per heavy atom. The molecule has 1 aromatic heterocycles. The Morgan fingerprint density at radius 3 is 2.79 bits per heavy atom. The normalized spacial score (nSPS) is 13.1. The lowest BCUT2D eigenvalue weighted by atomic mass is 9.99. The maximum absolute atomic E-state index is 13.1. The lowest BCUT2D eigenvalue weighted by Gasteiger charge is -2.19. The third-order valence-corrected chi connectivity index (χ3v) is 3.98. The average Bonchev–Trinajstić information content (AvgIpc) is 2.79. The first-order valence-electron chi connectivity index (χ1n) is 6.67. The highest BCUT2D eigenvalue weighted by atomic mass is 35.5. The number of nitrogens with zero attached hydrogens (tertiary/aromatic N) is 1. The van der Waals surface area contributed by atoms with Crippen LogP contribution in [0.2, 0.25) is 0 Å². The molecule has 0 amide bonds. The molecule has 5 heteroatoms. The van der Waals surface area contributed by atoms with Crippen molar-refractivity contribution in [3.63, 3.8) is 0 Å². The van der Waals surface area contributed by atoms with Crippen molar-refractivity contribution in [1.29, 1.82) is 0 Å². The molecule has 2 rings (SSSR count). The van der Waals surface area contributed by atoms with Crippen LogP contribution in [-0.4, -0.2) is 21.9 Å². The second-order valence-electron chi connectivity index (χ2n) is 4.72. The largest absolute Gasteiger partial charge is 0.354 e. The van der Waals surface area contributed by atoms with E-state index in [1.807, 2.05) is 0 Å². The number of halogens is 2. The summed E-state index contributed by atoms with van der Waals surface area (Å²) in [7, 11) is 0. The van der Waals surface area contributed by atoms with Crippen LogP contribution in [-0.2, 0) is 0 Å². The van der Waals surface area contributed by atoms with E-state index in [0.29, 0.717) is 23.9 Å². The van der Waals surface area contributed by atoms with Gasteiger partial charge in [-0.25, -0.2) is 9.37 Å². The summed E-state index contributed by atoms with van der Waals surface area (Å²) in [6, 6.07) is 4.50. The van der Waals surface area contributed by atoms with Crippen LogP contribution in [0.3, 0.4) is 0 Å². The third-order valence-electron chi connectivity index (χ3n) is 3.47. The number of aromatic amines is 1. The fourth-order valence-electron chi connectivity index (χ4n) is 2.23. The second kappa shape index (κ2) is 6.24. The quantitative estimate of drug-likeness (QED) is 0.782. The zero-order chi connectivity index (χ0) is 13.8. The second-order valence-corrected chi connectivity index (χ2v) is 5.28. The van der Waals surface area contributed by atoms with Crippen molar-refractivity contribution in [3.8, 4) is 0 Å². The molecular weight excluding hydrogens is 265 g/mol. The van der Waals surface area contributed by atoms with Gasteiger partial charge in [0.2, 0.25) is 5.95 Å². The maximum atomic E-state index is 13.1. The van der Waals surface area contributed by atoms with Crippen molar-refractivity contribution in [2.75, 3.05) is 11.9 Å². The number of hydrogen-bond acceptors (Lipinski definition) is 2. The summed E-state index contributed by atoms with van der Waals surface area (Å²) >= 11 is 6.36. The number of benzene rings is 1. The zero-order valence-electron chi connectivity index (χ0n) is 11.2. The number of H-pyrrole nitrogens is 1. The van der Waals surface area contributed by atoms with E-state index in [0.717, 1.165) is 18.4 Å². The van der Waals surface area contributed by atoms with Gasteiger partial charge in [-0.3, -0.25) is 0 Å². The fraction of sp³-hybridized carbons (Fsp3) is 0.500. The summed E-state index contributed by atoms with van der Waals surface area (Å²) in [5.74, 6) is 0.864. The molecule has 0 aliphatic heterocycles. The minimum absolute atomic E-state index is 0.0694. The third kappa shape index (κ3) is 3.38. The predicted octanol–water partition coefficient (Wildman–Crippen LogP) is 4.16. The van der Waals surface area contributed by atoms with Crippen molar-refractivity contribution >= 4 is 28.6 Å². The summed E-state index contributed by atoms with van der Waals surface area (Å²) in [5.41, 5.74) is 1.44. The fourth-order valence-corrected chi connectivity index (χ4v) is 2.66. The Kier molecular flexibility index (Phi) is 4.64. The standard InChI is InChI=1S/C14H19ClFN3/c1-3-9(4-2)11(15)8-17-14-18-12-6-5-10(16)7-13(12)19-14/h5-7,9,11H,3-4,8H2,1-2H3,(H2,17,18,19). The monoisotopic (exact) mass is 283 g/mol. The van der Waals surface area contributed by atoms with Crippen molar-refractivity contribution in [2.24, 2.45) is 5.92 Å². The number of anilines is 1. The maximum Gasteiger partial charge on any atom is 0.201 e. The van der Waals surface area contributed by atoms with E-state index < -0.39 is 0 Å². The predicted molar refractivity (Wildman–Crippen MR) is 78.3 cm³/mol. The van der Waals surface area contributed by atoms with Gasteiger partial charge in [0.25, 0.3) is 0 Å². The Labute approximate surface area is 117 Å². The molecule has 0 saturated heterocycles. The molecule has 1 aromatic carbocycles. The van der Waals surface area contributed by atoms with Gasteiger partial charge in [-0.2, -0.15) is 0 Å². The molecule has 3 nitrogen and oxygen atoms in total. The molecule has 2 aromatic rings. The first-order chi connectivity index (χ1) is 9.13. The van der Waals surface area contributed by atoms with Crippen molar-refractivity contribution in [1.82, 2.24) is 9.97 Å². The van der Waals surface area contributed by atoms with Crippen LogP contribution in [0.15, 0.2) is 18.2 Å². The number of alkyl halides is 1.